The molecule has 1 amide bonds. The third-order valence-corrected chi connectivity index (χ3v) is 4.58. The van der Waals surface area contributed by atoms with E-state index in [1.807, 2.05) is 19.1 Å². The van der Waals surface area contributed by atoms with Gasteiger partial charge < -0.3 is 10.1 Å². The number of amides is 1. The Morgan fingerprint density at radius 3 is 2.63 bits per heavy atom. The van der Waals surface area contributed by atoms with Gasteiger partial charge in [-0.15, -0.1) is 0 Å². The van der Waals surface area contributed by atoms with Crippen molar-refractivity contribution in [1.29, 1.82) is 0 Å². The van der Waals surface area contributed by atoms with E-state index in [1.54, 1.807) is 13.2 Å². The molecule has 3 nitrogen and oxygen atoms in total. The molecule has 104 valence electrons. The minimum atomic E-state index is -0.00341. The van der Waals surface area contributed by atoms with E-state index in [1.165, 1.54) is 0 Å². The zero-order valence-electron chi connectivity index (χ0n) is 11.4. The predicted octanol–water partition coefficient (Wildman–Crippen LogP) is 3.44. The summed E-state index contributed by atoms with van der Waals surface area (Å²) in [4.78, 5) is 12.8. The average molecular weight is 326 g/mol. The SMILES string of the molecule is COc1cc(C(=O)NC2CCC(Br)CC2)ccc1C. The van der Waals surface area contributed by atoms with Gasteiger partial charge in [0.15, 0.2) is 0 Å². The molecule has 0 unspecified atom stereocenters. The number of alkyl halides is 1. The Morgan fingerprint density at radius 1 is 1.32 bits per heavy atom. The largest absolute Gasteiger partial charge is 0.496 e. The van der Waals surface area contributed by atoms with Crippen molar-refractivity contribution in [3.63, 3.8) is 0 Å². The molecule has 1 N–H and O–H groups in total. The number of nitrogens with one attached hydrogen (secondary N) is 1. The van der Waals surface area contributed by atoms with Crippen molar-refractivity contribution < 1.29 is 9.53 Å². The van der Waals surface area contributed by atoms with Gasteiger partial charge in [0.2, 0.25) is 0 Å². The van der Waals surface area contributed by atoms with Crippen LogP contribution in [0.15, 0.2) is 18.2 Å². The third-order valence-electron chi connectivity index (χ3n) is 3.66. The van der Waals surface area contributed by atoms with Crippen molar-refractivity contribution in [2.75, 3.05) is 7.11 Å². The first-order valence-corrected chi connectivity index (χ1v) is 7.61. The molecule has 4 heteroatoms. The molecule has 2 rings (SSSR count). The molecule has 1 aliphatic carbocycles. The molecule has 1 aromatic rings. The van der Waals surface area contributed by atoms with Gasteiger partial charge >= 0.3 is 0 Å². The molecule has 1 saturated carbocycles. The Hall–Kier alpha value is -1.03. The summed E-state index contributed by atoms with van der Waals surface area (Å²) in [6.45, 7) is 1.97. The Bertz CT molecular complexity index is 453. The summed E-state index contributed by atoms with van der Waals surface area (Å²) in [6, 6.07) is 5.88. The average Bonchev–Trinajstić information content (AvgIpc) is 2.42. The van der Waals surface area contributed by atoms with Crippen LogP contribution in [0, 0.1) is 6.92 Å². The van der Waals surface area contributed by atoms with Gasteiger partial charge in [0.05, 0.1) is 7.11 Å². The van der Waals surface area contributed by atoms with Crippen molar-refractivity contribution in [2.24, 2.45) is 0 Å². The molecule has 0 radical (unpaired) electrons. The third kappa shape index (κ3) is 3.72. The van der Waals surface area contributed by atoms with Gasteiger partial charge in [-0.05, 0) is 50.3 Å². The van der Waals surface area contributed by atoms with Crippen LogP contribution in [0.2, 0.25) is 0 Å². The molecule has 1 aromatic carbocycles. The molecule has 0 atom stereocenters. The van der Waals surface area contributed by atoms with Crippen molar-refractivity contribution in [3.05, 3.63) is 29.3 Å². The van der Waals surface area contributed by atoms with Crippen molar-refractivity contribution in [1.82, 2.24) is 5.32 Å². The monoisotopic (exact) mass is 325 g/mol. The van der Waals surface area contributed by atoms with Crippen LogP contribution in [0.4, 0.5) is 0 Å². The first kappa shape index (κ1) is 14.4. The number of methoxy groups -OCH3 is 1. The Labute approximate surface area is 122 Å². The van der Waals surface area contributed by atoms with Gasteiger partial charge in [-0.25, -0.2) is 0 Å². The molecule has 0 bridgehead atoms. The summed E-state index contributed by atoms with van der Waals surface area (Å²) in [6.07, 6.45) is 4.35. The Kier molecular flexibility index (Phi) is 4.86. The van der Waals surface area contributed by atoms with Crippen LogP contribution in [0.1, 0.15) is 41.6 Å². The van der Waals surface area contributed by atoms with Gasteiger partial charge in [-0.1, -0.05) is 22.0 Å². The van der Waals surface area contributed by atoms with Crippen molar-refractivity contribution in [2.45, 2.75) is 43.5 Å². The molecule has 0 spiro atoms. The second kappa shape index (κ2) is 6.42. The van der Waals surface area contributed by atoms with Gasteiger partial charge in [0.1, 0.15) is 5.75 Å². The van der Waals surface area contributed by atoms with Gasteiger partial charge in [-0.3, -0.25) is 4.79 Å². The van der Waals surface area contributed by atoms with E-state index in [0.29, 0.717) is 16.4 Å². The number of carbonyl (C=O) groups excluding carboxylic acids is 1. The summed E-state index contributed by atoms with van der Waals surface area (Å²) >= 11 is 3.62. The fraction of sp³-hybridized carbons (Fsp3) is 0.533. The van der Waals surface area contributed by atoms with Gasteiger partial charge in [0.25, 0.3) is 5.91 Å². The predicted molar refractivity (Wildman–Crippen MR) is 80.2 cm³/mol. The standard InChI is InChI=1S/C15H20BrNO2/c1-10-3-4-11(9-14(10)19-2)15(18)17-13-7-5-12(16)6-8-13/h3-4,9,12-13H,5-8H2,1-2H3,(H,17,18). The number of rotatable bonds is 3. The second-order valence-corrected chi connectivity index (χ2v) is 6.40. The van der Waals surface area contributed by atoms with E-state index >= 15 is 0 Å². The maximum absolute atomic E-state index is 12.2. The molecule has 1 fully saturated rings. The summed E-state index contributed by atoms with van der Waals surface area (Å²) in [5, 5.41) is 3.11. The number of halogens is 1. The van der Waals surface area contributed by atoms with Crippen LogP contribution in [0.3, 0.4) is 0 Å². The highest BCUT2D eigenvalue weighted by molar-refractivity contribution is 9.09. The molecule has 19 heavy (non-hydrogen) atoms. The number of ether oxygens (including phenoxy) is 1. The number of hydrogen-bond donors (Lipinski definition) is 1. The van der Waals surface area contributed by atoms with E-state index in [0.717, 1.165) is 37.0 Å². The van der Waals surface area contributed by atoms with E-state index in [4.69, 9.17) is 4.74 Å². The minimum absolute atomic E-state index is 0.00341. The first-order chi connectivity index (χ1) is 9.10. The number of aryl methyl sites for hydroxylation is 1. The van der Waals surface area contributed by atoms with Gasteiger partial charge in [0, 0.05) is 16.4 Å². The zero-order valence-corrected chi connectivity index (χ0v) is 13.0. The van der Waals surface area contributed by atoms with Crippen LogP contribution >= 0.6 is 15.9 Å². The lowest BCUT2D eigenvalue weighted by Crippen LogP contribution is -2.37. The Morgan fingerprint density at radius 2 is 2.00 bits per heavy atom. The van der Waals surface area contributed by atoms with E-state index in [9.17, 15) is 4.79 Å². The summed E-state index contributed by atoms with van der Waals surface area (Å²) in [5.41, 5.74) is 1.71. The van der Waals surface area contributed by atoms with Crippen LogP contribution in [-0.2, 0) is 0 Å². The molecule has 1 aliphatic rings. The van der Waals surface area contributed by atoms with Crippen molar-refractivity contribution >= 4 is 21.8 Å². The maximum Gasteiger partial charge on any atom is 0.251 e. The van der Waals surface area contributed by atoms with Crippen LogP contribution in [0.5, 0.6) is 5.75 Å². The fourth-order valence-electron chi connectivity index (χ4n) is 2.43. The van der Waals surface area contributed by atoms with E-state index in [2.05, 4.69) is 21.2 Å². The lowest BCUT2D eigenvalue weighted by atomic mass is 9.95. The zero-order chi connectivity index (χ0) is 13.8. The molecular weight excluding hydrogens is 306 g/mol. The first-order valence-electron chi connectivity index (χ1n) is 6.69. The topological polar surface area (TPSA) is 38.3 Å². The molecule has 0 aliphatic heterocycles. The normalized spacial score (nSPS) is 22.9. The molecular formula is C15H20BrNO2. The number of hydrogen-bond acceptors (Lipinski definition) is 2. The fourth-order valence-corrected chi connectivity index (χ4v) is 2.96. The van der Waals surface area contributed by atoms with Crippen LogP contribution < -0.4 is 10.1 Å². The Balaban J connectivity index is 2.00. The quantitative estimate of drug-likeness (QED) is 0.864. The summed E-state index contributed by atoms with van der Waals surface area (Å²) in [7, 11) is 1.63. The highest BCUT2D eigenvalue weighted by Crippen LogP contribution is 2.25. The van der Waals surface area contributed by atoms with Gasteiger partial charge in [-0.2, -0.15) is 0 Å². The number of benzene rings is 1. The van der Waals surface area contributed by atoms with Crippen LogP contribution in [0.25, 0.3) is 0 Å². The smallest absolute Gasteiger partial charge is 0.251 e. The lowest BCUT2D eigenvalue weighted by Gasteiger charge is -2.26. The number of carbonyl (C=O) groups is 1. The van der Waals surface area contributed by atoms with Crippen LogP contribution in [-0.4, -0.2) is 23.9 Å². The van der Waals surface area contributed by atoms with E-state index in [-0.39, 0.29) is 5.91 Å². The van der Waals surface area contributed by atoms with Crippen molar-refractivity contribution in [3.8, 4) is 5.75 Å². The molecule has 0 heterocycles. The molecule has 0 saturated heterocycles. The summed E-state index contributed by atoms with van der Waals surface area (Å²) in [5.74, 6) is 0.758. The van der Waals surface area contributed by atoms with E-state index < -0.39 is 0 Å². The molecule has 0 aromatic heterocycles. The maximum atomic E-state index is 12.2. The highest BCUT2D eigenvalue weighted by Gasteiger charge is 2.21. The summed E-state index contributed by atoms with van der Waals surface area (Å²) < 4.78 is 5.25. The second-order valence-electron chi connectivity index (χ2n) is 5.11. The lowest BCUT2D eigenvalue weighted by molar-refractivity contribution is 0.0928. The minimum Gasteiger partial charge on any atom is -0.496 e. The highest BCUT2D eigenvalue weighted by atomic mass is 79.9.